The Morgan fingerprint density at radius 1 is 1.15 bits per heavy atom. The highest BCUT2D eigenvalue weighted by Gasteiger charge is 2.22. The van der Waals surface area contributed by atoms with Crippen molar-refractivity contribution < 1.29 is 13.2 Å². The van der Waals surface area contributed by atoms with Gasteiger partial charge in [-0.3, -0.25) is 0 Å². The Labute approximate surface area is 78.6 Å². The van der Waals surface area contributed by atoms with Gasteiger partial charge < -0.3 is 0 Å². The van der Waals surface area contributed by atoms with E-state index in [0.29, 0.717) is 10.6 Å². The number of allylic oxidation sites excluding steroid dienone is 1. The van der Waals surface area contributed by atoms with Gasteiger partial charge in [-0.25, -0.2) is 0 Å². The van der Waals surface area contributed by atoms with Gasteiger partial charge in [-0.05, 0) is 23.8 Å². The minimum Gasteiger partial charge on any atom is -0.166 e. The van der Waals surface area contributed by atoms with E-state index in [9.17, 15) is 13.2 Å². The van der Waals surface area contributed by atoms with Crippen molar-refractivity contribution in [3.63, 3.8) is 0 Å². The Bertz CT molecular complexity index is 298. The summed E-state index contributed by atoms with van der Waals surface area (Å²) >= 11 is 5.55. The van der Waals surface area contributed by atoms with E-state index in [1.807, 2.05) is 0 Å². The summed E-state index contributed by atoms with van der Waals surface area (Å²) < 4.78 is 35.0. The van der Waals surface area contributed by atoms with Crippen LogP contribution >= 0.6 is 11.6 Å². The molecule has 1 rings (SSSR count). The zero-order valence-corrected chi connectivity index (χ0v) is 7.15. The number of hydrogen-bond acceptors (Lipinski definition) is 0. The summed E-state index contributed by atoms with van der Waals surface area (Å²) in [4.78, 5) is 0. The number of alkyl halides is 3. The van der Waals surface area contributed by atoms with Crippen LogP contribution in [0.3, 0.4) is 0 Å². The Morgan fingerprint density at radius 2 is 1.69 bits per heavy atom. The van der Waals surface area contributed by atoms with Crippen molar-refractivity contribution in [3.05, 3.63) is 40.9 Å². The SMILES string of the molecule is FC(F)(F)[C]=Cc1ccc(Cl)cc1. The van der Waals surface area contributed by atoms with Crippen LogP contribution in [0.1, 0.15) is 5.56 Å². The molecule has 0 aliphatic rings. The highest BCUT2D eigenvalue weighted by atomic mass is 35.5. The molecule has 0 unspecified atom stereocenters. The van der Waals surface area contributed by atoms with Crippen LogP contribution in [-0.4, -0.2) is 6.18 Å². The predicted molar refractivity (Wildman–Crippen MR) is 45.2 cm³/mol. The van der Waals surface area contributed by atoms with Gasteiger partial charge in [0.05, 0.1) is 6.08 Å². The number of halogens is 4. The van der Waals surface area contributed by atoms with Gasteiger partial charge in [0.15, 0.2) is 0 Å². The average Bonchev–Trinajstić information content (AvgIpc) is 2.02. The first kappa shape index (κ1) is 10.1. The summed E-state index contributed by atoms with van der Waals surface area (Å²) in [5.41, 5.74) is 0.418. The van der Waals surface area contributed by atoms with E-state index in [0.717, 1.165) is 6.08 Å². The number of hydrogen-bond donors (Lipinski definition) is 0. The van der Waals surface area contributed by atoms with Gasteiger partial charge in [-0.15, -0.1) is 0 Å². The Balaban J connectivity index is 2.75. The van der Waals surface area contributed by atoms with Crippen LogP contribution in [0.2, 0.25) is 5.02 Å². The highest BCUT2D eigenvalue weighted by molar-refractivity contribution is 6.30. The van der Waals surface area contributed by atoms with Crippen LogP contribution in [0.25, 0.3) is 6.08 Å². The monoisotopic (exact) mass is 205 g/mol. The molecule has 0 aliphatic carbocycles. The predicted octanol–water partition coefficient (Wildman–Crippen LogP) is 3.72. The smallest absolute Gasteiger partial charge is 0.166 e. The second-order valence-electron chi connectivity index (χ2n) is 2.34. The van der Waals surface area contributed by atoms with E-state index in [1.54, 1.807) is 0 Å². The minimum absolute atomic E-state index is 0.418. The van der Waals surface area contributed by atoms with Crippen molar-refractivity contribution in [2.24, 2.45) is 0 Å². The van der Waals surface area contributed by atoms with Gasteiger partial charge in [0, 0.05) is 5.02 Å². The van der Waals surface area contributed by atoms with Crippen molar-refractivity contribution in [1.82, 2.24) is 0 Å². The lowest BCUT2D eigenvalue weighted by atomic mass is 10.2. The fraction of sp³-hybridized carbons (Fsp3) is 0.111. The topological polar surface area (TPSA) is 0 Å². The molecule has 0 nitrogen and oxygen atoms in total. The van der Waals surface area contributed by atoms with E-state index < -0.39 is 6.18 Å². The maximum Gasteiger partial charge on any atom is 0.417 e. The van der Waals surface area contributed by atoms with Crippen LogP contribution in [0.5, 0.6) is 0 Å². The van der Waals surface area contributed by atoms with Crippen LogP contribution < -0.4 is 0 Å². The van der Waals surface area contributed by atoms with Gasteiger partial charge in [-0.1, -0.05) is 23.7 Å². The highest BCUT2D eigenvalue weighted by Crippen LogP contribution is 2.17. The van der Waals surface area contributed by atoms with Crippen LogP contribution in [-0.2, 0) is 0 Å². The molecule has 1 aromatic rings. The molecule has 0 fully saturated rings. The molecule has 0 atom stereocenters. The fourth-order valence-electron chi connectivity index (χ4n) is 0.724. The Hall–Kier alpha value is -0.960. The standard InChI is InChI=1S/C9H5ClF3/c10-8-3-1-7(2-4-8)5-6-9(11,12)13/h1-5H. The quantitative estimate of drug-likeness (QED) is 0.656. The fourth-order valence-corrected chi connectivity index (χ4v) is 0.850. The second-order valence-corrected chi connectivity index (χ2v) is 2.77. The summed E-state index contributed by atoms with van der Waals surface area (Å²) in [6.45, 7) is 0. The molecule has 0 N–H and O–H groups in total. The lowest BCUT2D eigenvalue weighted by Gasteiger charge is -1.96. The van der Waals surface area contributed by atoms with Gasteiger partial charge in [-0.2, -0.15) is 13.2 Å². The average molecular weight is 206 g/mol. The van der Waals surface area contributed by atoms with E-state index in [4.69, 9.17) is 11.6 Å². The van der Waals surface area contributed by atoms with E-state index >= 15 is 0 Å². The zero-order valence-electron chi connectivity index (χ0n) is 6.40. The lowest BCUT2D eigenvalue weighted by Crippen LogP contribution is -2.01. The first-order valence-corrected chi connectivity index (χ1v) is 3.78. The van der Waals surface area contributed by atoms with E-state index in [-0.39, 0.29) is 0 Å². The molecular formula is C9H5ClF3. The molecule has 0 aromatic heterocycles. The van der Waals surface area contributed by atoms with Crippen molar-refractivity contribution in [1.29, 1.82) is 0 Å². The Kier molecular flexibility index (Phi) is 2.98. The van der Waals surface area contributed by atoms with Crippen LogP contribution in [0.15, 0.2) is 24.3 Å². The second kappa shape index (κ2) is 3.83. The molecule has 0 amide bonds. The molecule has 4 heteroatoms. The van der Waals surface area contributed by atoms with Crippen LogP contribution in [0, 0.1) is 6.08 Å². The zero-order chi connectivity index (χ0) is 9.90. The minimum atomic E-state index is -4.39. The van der Waals surface area contributed by atoms with Crippen molar-refractivity contribution >= 4 is 17.7 Å². The first-order valence-electron chi connectivity index (χ1n) is 3.40. The maximum atomic E-state index is 11.7. The van der Waals surface area contributed by atoms with Crippen molar-refractivity contribution in [3.8, 4) is 0 Å². The van der Waals surface area contributed by atoms with Crippen LogP contribution in [0.4, 0.5) is 13.2 Å². The molecule has 69 valence electrons. The van der Waals surface area contributed by atoms with E-state index in [2.05, 4.69) is 0 Å². The largest absolute Gasteiger partial charge is 0.417 e. The normalized spacial score (nSPS) is 12.3. The third-order valence-corrected chi connectivity index (χ3v) is 1.52. The molecule has 0 heterocycles. The number of rotatable bonds is 1. The molecule has 0 saturated carbocycles. The van der Waals surface area contributed by atoms with Gasteiger partial charge in [0.1, 0.15) is 0 Å². The maximum absolute atomic E-state index is 11.7. The van der Waals surface area contributed by atoms with E-state index in [1.165, 1.54) is 30.3 Å². The molecule has 0 bridgehead atoms. The molecular weight excluding hydrogens is 201 g/mol. The van der Waals surface area contributed by atoms with Gasteiger partial charge in [0.2, 0.25) is 0 Å². The van der Waals surface area contributed by atoms with Gasteiger partial charge in [0.25, 0.3) is 0 Å². The first-order chi connectivity index (χ1) is 5.97. The third-order valence-electron chi connectivity index (χ3n) is 1.27. The summed E-state index contributed by atoms with van der Waals surface area (Å²) in [5, 5.41) is 0.490. The summed E-state index contributed by atoms with van der Waals surface area (Å²) in [6, 6.07) is 6.01. The molecule has 1 aromatic carbocycles. The molecule has 1 radical (unpaired) electrons. The van der Waals surface area contributed by atoms with Gasteiger partial charge >= 0.3 is 6.18 Å². The summed E-state index contributed by atoms with van der Waals surface area (Å²) in [7, 11) is 0. The third kappa shape index (κ3) is 3.99. The number of benzene rings is 1. The van der Waals surface area contributed by atoms with Crippen molar-refractivity contribution in [2.45, 2.75) is 6.18 Å². The molecule has 0 spiro atoms. The summed E-state index contributed by atoms with van der Waals surface area (Å²) in [6.07, 6.45) is -2.23. The summed E-state index contributed by atoms with van der Waals surface area (Å²) in [5.74, 6) is 0. The molecule has 13 heavy (non-hydrogen) atoms. The molecule has 0 aliphatic heterocycles. The molecule has 0 saturated heterocycles. The Morgan fingerprint density at radius 3 is 2.15 bits per heavy atom. The lowest BCUT2D eigenvalue weighted by molar-refractivity contribution is -0.0866. The van der Waals surface area contributed by atoms with Crippen molar-refractivity contribution in [2.75, 3.05) is 0 Å².